The van der Waals surface area contributed by atoms with Gasteiger partial charge in [0.15, 0.2) is 5.69 Å². The van der Waals surface area contributed by atoms with Crippen LogP contribution in [0.15, 0.2) is 6.20 Å². The van der Waals surface area contributed by atoms with E-state index in [9.17, 15) is 9.59 Å². The lowest BCUT2D eigenvalue weighted by Gasteiger charge is -2.03. The molecular weight excluding hydrogens is 186 g/mol. The summed E-state index contributed by atoms with van der Waals surface area (Å²) >= 11 is 0. The first-order valence-corrected chi connectivity index (χ1v) is 3.94. The molecular formula is C8H11N3O3. The normalized spacial score (nSPS) is 9.64. The van der Waals surface area contributed by atoms with Gasteiger partial charge in [-0.25, -0.2) is 4.79 Å². The summed E-state index contributed by atoms with van der Waals surface area (Å²) in [5.74, 6) is -0.795. The van der Waals surface area contributed by atoms with Gasteiger partial charge in [-0.15, -0.1) is 0 Å². The molecule has 0 aliphatic heterocycles. The number of carbonyl (C=O) groups excluding carboxylic acids is 2. The van der Waals surface area contributed by atoms with Crippen LogP contribution in [0.25, 0.3) is 0 Å². The summed E-state index contributed by atoms with van der Waals surface area (Å²) in [7, 11) is 2.87. The van der Waals surface area contributed by atoms with E-state index in [-0.39, 0.29) is 11.6 Å². The number of carbonyl (C=O) groups is 2. The summed E-state index contributed by atoms with van der Waals surface area (Å²) in [5, 5.41) is 6.33. The van der Waals surface area contributed by atoms with Crippen molar-refractivity contribution in [2.75, 3.05) is 12.4 Å². The summed E-state index contributed by atoms with van der Waals surface area (Å²) in [4.78, 5) is 22.0. The molecule has 0 aliphatic rings. The van der Waals surface area contributed by atoms with Crippen molar-refractivity contribution in [1.29, 1.82) is 0 Å². The van der Waals surface area contributed by atoms with Crippen LogP contribution in [0.4, 0.5) is 5.69 Å². The lowest BCUT2D eigenvalue weighted by molar-refractivity contribution is -0.114. The van der Waals surface area contributed by atoms with E-state index >= 15 is 0 Å². The van der Waals surface area contributed by atoms with Gasteiger partial charge in [-0.2, -0.15) is 5.10 Å². The van der Waals surface area contributed by atoms with Crippen LogP contribution in [0, 0.1) is 0 Å². The molecule has 0 fully saturated rings. The van der Waals surface area contributed by atoms with Gasteiger partial charge in [0.25, 0.3) is 0 Å². The average Bonchev–Trinajstić information content (AvgIpc) is 2.45. The Labute approximate surface area is 80.8 Å². The minimum Gasteiger partial charge on any atom is -0.464 e. The summed E-state index contributed by atoms with van der Waals surface area (Å²) < 4.78 is 5.89. The van der Waals surface area contributed by atoms with E-state index in [0.29, 0.717) is 5.69 Å². The fraction of sp³-hybridized carbons (Fsp3) is 0.375. The largest absolute Gasteiger partial charge is 0.464 e. The number of hydrogen-bond donors (Lipinski definition) is 1. The minimum atomic E-state index is -0.534. The second kappa shape index (κ2) is 3.91. The summed E-state index contributed by atoms with van der Waals surface area (Å²) in [6.07, 6.45) is 1.40. The first kappa shape index (κ1) is 10.2. The SMILES string of the molecule is COC(=O)c1c(NC(C)=O)cnn1C. The van der Waals surface area contributed by atoms with Crippen LogP contribution < -0.4 is 5.32 Å². The van der Waals surface area contributed by atoms with Crippen LogP contribution in [0.2, 0.25) is 0 Å². The van der Waals surface area contributed by atoms with Crippen LogP contribution in [0.1, 0.15) is 17.4 Å². The highest BCUT2D eigenvalue weighted by molar-refractivity contribution is 5.99. The molecule has 1 rings (SSSR count). The Kier molecular flexibility index (Phi) is 2.85. The molecule has 1 aromatic heterocycles. The number of amides is 1. The molecule has 0 saturated carbocycles. The Bertz CT molecular complexity index is 370. The zero-order valence-electron chi connectivity index (χ0n) is 8.20. The molecule has 6 heteroatoms. The number of nitrogens with zero attached hydrogens (tertiary/aromatic N) is 2. The van der Waals surface area contributed by atoms with Gasteiger partial charge in [0.1, 0.15) is 0 Å². The number of ether oxygens (including phenoxy) is 1. The van der Waals surface area contributed by atoms with E-state index in [1.54, 1.807) is 7.05 Å². The molecule has 0 aliphatic carbocycles. The standard InChI is InChI=1S/C8H11N3O3/c1-5(12)10-6-4-9-11(2)7(6)8(13)14-3/h4H,1-3H3,(H,10,12). The van der Waals surface area contributed by atoms with Gasteiger partial charge in [0.05, 0.1) is 19.0 Å². The molecule has 0 saturated heterocycles. The van der Waals surface area contributed by atoms with Crippen LogP contribution >= 0.6 is 0 Å². The number of methoxy groups -OCH3 is 1. The quantitative estimate of drug-likeness (QED) is 0.685. The maximum atomic E-state index is 11.3. The summed E-state index contributed by atoms with van der Waals surface area (Å²) in [6.45, 7) is 1.36. The van der Waals surface area contributed by atoms with Crippen molar-refractivity contribution in [2.24, 2.45) is 7.05 Å². The molecule has 0 radical (unpaired) electrons. The molecule has 0 bridgehead atoms. The minimum absolute atomic E-state index is 0.225. The lowest BCUT2D eigenvalue weighted by Crippen LogP contribution is -2.13. The van der Waals surface area contributed by atoms with E-state index in [1.807, 2.05) is 0 Å². The Hall–Kier alpha value is -1.85. The van der Waals surface area contributed by atoms with Crippen LogP contribution in [-0.2, 0) is 16.6 Å². The molecule has 0 atom stereocenters. The average molecular weight is 197 g/mol. The molecule has 0 unspecified atom stereocenters. The van der Waals surface area contributed by atoms with Crippen molar-refractivity contribution in [3.8, 4) is 0 Å². The third kappa shape index (κ3) is 1.90. The van der Waals surface area contributed by atoms with Gasteiger partial charge >= 0.3 is 5.97 Å². The monoisotopic (exact) mass is 197 g/mol. The van der Waals surface area contributed by atoms with Crippen LogP contribution in [0.3, 0.4) is 0 Å². The Morgan fingerprint density at radius 1 is 1.57 bits per heavy atom. The third-order valence-corrected chi connectivity index (χ3v) is 1.63. The van der Waals surface area contributed by atoms with Crippen molar-refractivity contribution in [3.63, 3.8) is 0 Å². The Morgan fingerprint density at radius 3 is 2.71 bits per heavy atom. The highest BCUT2D eigenvalue weighted by Gasteiger charge is 2.17. The molecule has 0 aromatic carbocycles. The van der Waals surface area contributed by atoms with E-state index in [0.717, 1.165) is 0 Å². The number of hydrogen-bond acceptors (Lipinski definition) is 4. The molecule has 1 heterocycles. The molecule has 0 spiro atoms. The van der Waals surface area contributed by atoms with Crippen LogP contribution in [-0.4, -0.2) is 28.8 Å². The fourth-order valence-electron chi connectivity index (χ4n) is 1.06. The highest BCUT2D eigenvalue weighted by Crippen LogP contribution is 2.14. The smallest absolute Gasteiger partial charge is 0.358 e. The van der Waals surface area contributed by atoms with E-state index in [4.69, 9.17) is 0 Å². The fourth-order valence-corrected chi connectivity index (χ4v) is 1.06. The van der Waals surface area contributed by atoms with Gasteiger partial charge in [-0.05, 0) is 0 Å². The maximum absolute atomic E-state index is 11.3. The lowest BCUT2D eigenvalue weighted by atomic mass is 10.3. The van der Waals surface area contributed by atoms with E-state index < -0.39 is 5.97 Å². The van der Waals surface area contributed by atoms with Crippen molar-refractivity contribution in [1.82, 2.24) is 9.78 Å². The second-order valence-electron chi connectivity index (χ2n) is 2.70. The van der Waals surface area contributed by atoms with Crippen molar-refractivity contribution >= 4 is 17.6 Å². The topological polar surface area (TPSA) is 73.2 Å². The first-order valence-electron chi connectivity index (χ1n) is 3.94. The molecule has 1 aromatic rings. The number of rotatable bonds is 2. The second-order valence-corrected chi connectivity index (χ2v) is 2.70. The van der Waals surface area contributed by atoms with E-state index in [1.165, 1.54) is 24.9 Å². The van der Waals surface area contributed by atoms with Crippen molar-refractivity contribution in [3.05, 3.63) is 11.9 Å². The van der Waals surface area contributed by atoms with Gasteiger partial charge in [0, 0.05) is 14.0 Å². The van der Waals surface area contributed by atoms with Crippen molar-refractivity contribution in [2.45, 2.75) is 6.92 Å². The highest BCUT2D eigenvalue weighted by atomic mass is 16.5. The van der Waals surface area contributed by atoms with Gasteiger partial charge in [0.2, 0.25) is 5.91 Å². The van der Waals surface area contributed by atoms with Gasteiger partial charge < -0.3 is 10.1 Å². The Morgan fingerprint density at radius 2 is 2.21 bits per heavy atom. The molecule has 76 valence electrons. The maximum Gasteiger partial charge on any atom is 0.358 e. The third-order valence-electron chi connectivity index (χ3n) is 1.63. The molecule has 6 nitrogen and oxygen atoms in total. The predicted octanol–water partition coefficient (Wildman–Crippen LogP) is 0.165. The zero-order valence-corrected chi connectivity index (χ0v) is 8.20. The molecule has 14 heavy (non-hydrogen) atoms. The van der Waals surface area contributed by atoms with Gasteiger partial charge in [-0.1, -0.05) is 0 Å². The summed E-state index contributed by atoms with van der Waals surface area (Å²) in [5.41, 5.74) is 0.578. The number of aryl methyl sites for hydroxylation is 1. The first-order chi connectivity index (χ1) is 6.56. The van der Waals surface area contributed by atoms with Crippen LogP contribution in [0.5, 0.6) is 0 Å². The number of anilines is 1. The van der Waals surface area contributed by atoms with E-state index in [2.05, 4.69) is 15.2 Å². The summed E-state index contributed by atoms with van der Waals surface area (Å²) in [6, 6.07) is 0. The predicted molar refractivity (Wildman–Crippen MR) is 48.9 cm³/mol. The van der Waals surface area contributed by atoms with Gasteiger partial charge in [-0.3, -0.25) is 9.48 Å². The number of esters is 1. The zero-order chi connectivity index (χ0) is 10.7. The number of nitrogens with one attached hydrogen (secondary N) is 1. The van der Waals surface area contributed by atoms with Crippen molar-refractivity contribution < 1.29 is 14.3 Å². The molecule has 1 N–H and O–H groups in total. The Balaban J connectivity index is 3.05. The molecule has 1 amide bonds. The number of aromatic nitrogens is 2.